The number of ether oxygens (including phenoxy) is 1. The molecule has 0 aliphatic heterocycles. The number of nitrogens with zero attached hydrogens (tertiary/aromatic N) is 1. The molecule has 0 heterocycles. The average molecular weight is 348 g/mol. The van der Waals surface area contributed by atoms with Gasteiger partial charge in [-0.05, 0) is 26.8 Å². The fourth-order valence-corrected chi connectivity index (χ4v) is 2.07. The van der Waals surface area contributed by atoms with E-state index in [9.17, 15) is 20.3 Å². The van der Waals surface area contributed by atoms with Crippen molar-refractivity contribution in [1.29, 1.82) is 0 Å². The van der Waals surface area contributed by atoms with Crippen LogP contribution in [0, 0.1) is 10.1 Å². The first-order valence-electron chi connectivity index (χ1n) is 6.13. The Morgan fingerprint density at radius 1 is 1.50 bits per heavy atom. The van der Waals surface area contributed by atoms with Crippen molar-refractivity contribution in [3.05, 3.63) is 32.3 Å². The van der Waals surface area contributed by atoms with Gasteiger partial charge in [0.05, 0.1) is 23.2 Å². The van der Waals surface area contributed by atoms with Crippen LogP contribution in [-0.2, 0) is 0 Å². The highest BCUT2D eigenvalue weighted by Crippen LogP contribution is 2.38. The van der Waals surface area contributed by atoms with Crippen molar-refractivity contribution in [2.75, 3.05) is 6.61 Å². The Kier molecular flexibility index (Phi) is 5.50. The Balaban J connectivity index is 3.10. The summed E-state index contributed by atoms with van der Waals surface area (Å²) in [5.41, 5.74) is -0.803. The summed E-state index contributed by atoms with van der Waals surface area (Å²) in [5, 5.41) is 30.4. The summed E-state index contributed by atoms with van der Waals surface area (Å²) in [6.45, 7) is 4.88. The minimum absolute atomic E-state index is 0.0393. The van der Waals surface area contributed by atoms with Crippen molar-refractivity contribution in [1.82, 2.24) is 0 Å². The molecular weight excluding hydrogens is 330 g/mol. The minimum Gasteiger partial charge on any atom is -0.486 e. The van der Waals surface area contributed by atoms with Gasteiger partial charge in [0, 0.05) is 22.5 Å². The fourth-order valence-electron chi connectivity index (χ4n) is 1.61. The van der Waals surface area contributed by atoms with Crippen LogP contribution in [0.5, 0.6) is 5.75 Å². The Hall–Kier alpha value is -1.18. The maximum Gasteiger partial charge on any atom is 0.312 e. The first-order chi connectivity index (χ1) is 9.11. The predicted octanol–water partition coefficient (Wildman–Crippen LogP) is 2.95. The normalized spacial score (nSPS) is 13.1. The van der Waals surface area contributed by atoms with Gasteiger partial charge in [-0.3, -0.25) is 10.1 Å². The molecule has 0 spiro atoms. The molecule has 6 nitrogen and oxygen atoms in total. The topological polar surface area (TPSA) is 92.8 Å². The first-order valence-corrected chi connectivity index (χ1v) is 6.92. The zero-order valence-electron chi connectivity index (χ0n) is 11.6. The monoisotopic (exact) mass is 347 g/mol. The lowest BCUT2D eigenvalue weighted by molar-refractivity contribution is -0.386. The molecule has 1 aromatic carbocycles. The maximum absolute atomic E-state index is 11.1. The third-order valence-corrected chi connectivity index (χ3v) is 3.13. The molecule has 1 aromatic rings. The number of halogens is 1. The summed E-state index contributed by atoms with van der Waals surface area (Å²) in [4.78, 5) is 10.5. The van der Waals surface area contributed by atoms with Crippen LogP contribution < -0.4 is 4.74 Å². The molecule has 0 bridgehead atoms. The second-order valence-corrected chi connectivity index (χ2v) is 6.10. The second kappa shape index (κ2) is 6.51. The number of hydrogen-bond acceptors (Lipinski definition) is 5. The van der Waals surface area contributed by atoms with Gasteiger partial charge in [-0.2, -0.15) is 0 Å². The van der Waals surface area contributed by atoms with Crippen molar-refractivity contribution in [2.45, 2.75) is 38.9 Å². The predicted molar refractivity (Wildman–Crippen MR) is 77.8 cm³/mol. The molecule has 0 unspecified atom stereocenters. The molecule has 112 valence electrons. The summed E-state index contributed by atoms with van der Waals surface area (Å²) < 4.78 is 5.93. The SMILES string of the molecule is C[C@@H](O)c1cc(Br)cc([N+](=O)[O-])c1OCCC(C)(C)O. The molecule has 1 atom stereocenters. The van der Waals surface area contributed by atoms with Crippen LogP contribution in [0.4, 0.5) is 5.69 Å². The molecule has 0 fully saturated rings. The van der Waals surface area contributed by atoms with Crippen molar-refractivity contribution >= 4 is 21.6 Å². The highest BCUT2D eigenvalue weighted by Gasteiger charge is 2.24. The van der Waals surface area contributed by atoms with Crippen molar-refractivity contribution in [3.63, 3.8) is 0 Å². The van der Waals surface area contributed by atoms with E-state index in [1.165, 1.54) is 13.0 Å². The van der Waals surface area contributed by atoms with E-state index in [0.29, 0.717) is 16.5 Å². The van der Waals surface area contributed by atoms with E-state index >= 15 is 0 Å². The quantitative estimate of drug-likeness (QED) is 0.609. The zero-order chi connectivity index (χ0) is 15.5. The van der Waals surface area contributed by atoms with Crippen LogP contribution >= 0.6 is 15.9 Å². The molecule has 2 N–H and O–H groups in total. The summed E-state index contributed by atoms with van der Waals surface area (Å²) in [5.74, 6) is 0.0393. The van der Waals surface area contributed by atoms with Gasteiger partial charge in [-0.1, -0.05) is 15.9 Å². The fraction of sp³-hybridized carbons (Fsp3) is 0.538. The summed E-state index contributed by atoms with van der Waals surface area (Å²) in [6, 6.07) is 2.91. The number of nitro groups is 1. The molecule has 20 heavy (non-hydrogen) atoms. The standard InChI is InChI=1S/C13H18BrNO5/c1-8(16)10-6-9(14)7-11(15(18)19)12(10)20-5-4-13(2,3)17/h6-8,16-17H,4-5H2,1-3H3/t8-/m1/s1. The van der Waals surface area contributed by atoms with E-state index in [2.05, 4.69) is 15.9 Å². The largest absolute Gasteiger partial charge is 0.486 e. The van der Waals surface area contributed by atoms with Gasteiger partial charge >= 0.3 is 5.69 Å². The summed E-state index contributed by atoms with van der Waals surface area (Å²) in [7, 11) is 0. The molecule has 0 amide bonds. The molecule has 0 radical (unpaired) electrons. The van der Waals surface area contributed by atoms with E-state index in [1.54, 1.807) is 19.9 Å². The number of benzene rings is 1. The molecule has 0 aliphatic carbocycles. The maximum atomic E-state index is 11.1. The molecule has 0 aliphatic rings. The van der Waals surface area contributed by atoms with E-state index in [0.717, 1.165) is 0 Å². The van der Waals surface area contributed by atoms with Crippen LogP contribution in [0.2, 0.25) is 0 Å². The van der Waals surface area contributed by atoms with Crippen LogP contribution in [0.15, 0.2) is 16.6 Å². The van der Waals surface area contributed by atoms with Crippen LogP contribution in [0.3, 0.4) is 0 Å². The number of rotatable bonds is 6. The summed E-state index contributed by atoms with van der Waals surface area (Å²) in [6.07, 6.45) is -0.581. The number of nitro benzene ring substituents is 1. The van der Waals surface area contributed by atoms with E-state index in [-0.39, 0.29) is 18.0 Å². The smallest absolute Gasteiger partial charge is 0.312 e. The first kappa shape index (κ1) is 16.9. The van der Waals surface area contributed by atoms with Crippen LogP contribution in [0.25, 0.3) is 0 Å². The molecule has 0 aromatic heterocycles. The number of aliphatic hydroxyl groups excluding tert-OH is 1. The Bertz CT molecular complexity index is 496. The number of hydrogen-bond donors (Lipinski definition) is 2. The van der Waals surface area contributed by atoms with Gasteiger partial charge in [0.15, 0.2) is 0 Å². The van der Waals surface area contributed by atoms with Crippen LogP contribution in [-0.4, -0.2) is 27.3 Å². The lowest BCUT2D eigenvalue weighted by Gasteiger charge is -2.19. The Morgan fingerprint density at radius 3 is 2.55 bits per heavy atom. The Morgan fingerprint density at radius 2 is 2.10 bits per heavy atom. The van der Waals surface area contributed by atoms with Gasteiger partial charge in [0.2, 0.25) is 5.75 Å². The molecule has 7 heteroatoms. The Labute approximate surface area is 125 Å². The van der Waals surface area contributed by atoms with Gasteiger partial charge in [-0.25, -0.2) is 0 Å². The highest BCUT2D eigenvalue weighted by molar-refractivity contribution is 9.10. The highest BCUT2D eigenvalue weighted by atomic mass is 79.9. The third kappa shape index (κ3) is 4.73. The lowest BCUT2D eigenvalue weighted by atomic mass is 10.1. The van der Waals surface area contributed by atoms with Gasteiger partial charge in [0.25, 0.3) is 0 Å². The van der Waals surface area contributed by atoms with Gasteiger partial charge < -0.3 is 14.9 Å². The molecule has 1 rings (SSSR count). The minimum atomic E-state index is -0.921. The second-order valence-electron chi connectivity index (χ2n) is 5.19. The van der Waals surface area contributed by atoms with Crippen molar-refractivity contribution < 1.29 is 19.9 Å². The zero-order valence-corrected chi connectivity index (χ0v) is 13.2. The molecule has 0 saturated heterocycles. The molecule has 0 saturated carbocycles. The molecular formula is C13H18BrNO5. The lowest BCUT2D eigenvalue weighted by Crippen LogP contribution is -2.22. The van der Waals surface area contributed by atoms with Crippen molar-refractivity contribution in [3.8, 4) is 5.75 Å². The van der Waals surface area contributed by atoms with E-state index in [4.69, 9.17) is 4.74 Å². The van der Waals surface area contributed by atoms with Crippen LogP contribution in [0.1, 0.15) is 38.9 Å². The average Bonchev–Trinajstić information content (AvgIpc) is 2.28. The third-order valence-electron chi connectivity index (χ3n) is 2.67. The van der Waals surface area contributed by atoms with Gasteiger partial charge in [-0.15, -0.1) is 0 Å². The van der Waals surface area contributed by atoms with E-state index in [1.807, 2.05) is 0 Å². The van der Waals surface area contributed by atoms with Crippen molar-refractivity contribution in [2.24, 2.45) is 0 Å². The van der Waals surface area contributed by atoms with Gasteiger partial charge in [0.1, 0.15) is 0 Å². The van der Waals surface area contributed by atoms with E-state index < -0.39 is 16.6 Å². The summed E-state index contributed by atoms with van der Waals surface area (Å²) >= 11 is 3.17. The number of aliphatic hydroxyl groups is 2.